The average molecular weight is 1570 g/mol. The first-order chi connectivity index (χ1) is 47.0. The number of halogens is 3. The number of aromatic nitrogens is 9. The summed E-state index contributed by atoms with van der Waals surface area (Å²) < 4.78 is 42.4. The summed E-state index contributed by atoms with van der Waals surface area (Å²) in [5, 5.41) is 12.1. The topological polar surface area (TPSA) is 307 Å². The summed E-state index contributed by atoms with van der Waals surface area (Å²) in [5.74, 6) is 7.29. The molecule has 97 heavy (non-hydrogen) atoms. The van der Waals surface area contributed by atoms with Gasteiger partial charge in [-0.15, -0.1) is 0 Å². The molecule has 510 valence electrons. The normalized spacial score (nSPS) is 16.4. The first-order valence-electron chi connectivity index (χ1n) is 32.1. The molecule has 0 aliphatic carbocycles. The van der Waals surface area contributed by atoms with Gasteiger partial charge in [-0.3, -0.25) is 14.4 Å². The molecule has 0 saturated carbocycles. The maximum atomic E-state index is 12.1. The molecule has 3 aromatic carbocycles. The highest BCUT2D eigenvalue weighted by Gasteiger charge is 2.29. The molecule has 25 nitrogen and oxygen atoms in total. The number of hydrogen-bond acceptors (Lipinski definition) is 22. The predicted octanol–water partition coefficient (Wildman–Crippen LogP) is 11.9. The molecule has 31 heteroatoms. The standard InChI is InChI=1S/C23H26BrN5O4S.C22H24BrN5O3S.C21H22BrN5O3S/c1-13(30)22(31)28-7-3-14(4-8-28)5-9-29-16-2-6-26-21(25)20(16)27-23(29)34-19-11-18-17(10-15(19)24)32-12-33-18;1-13(29)27-7-3-14(4-8-27)5-9-28-16-2-6-25-21(24)20(16)26-22(28)32-19-11-18-17(10-15(19)23)30-12-31-18;22-14-9-16-17(30-12-29-16)10-18(14)31-21-25-19-15(1-5-24-20(19)23)27(21)8-4-13-2-6-26(11-28)7-3-13/h2,6,10-11,13-14,30H,3-5,7-9,12H2,1H3,(H2,25,26);2,6,10-11,14H,3-5,7-9,12H2,1H3,(H2,24,25);1,5,9-11,13H,2-4,6-8,12H2,(H2,23,24)/t13-;;/m0../s1. The summed E-state index contributed by atoms with van der Waals surface area (Å²) in [6.07, 6.45) is 14.2. The Labute approximate surface area is 596 Å². The zero-order chi connectivity index (χ0) is 67.4. The van der Waals surface area contributed by atoms with Crippen molar-refractivity contribution in [2.45, 2.75) is 128 Å². The fourth-order valence-electron chi connectivity index (χ4n) is 12.8. The van der Waals surface area contributed by atoms with Crippen molar-refractivity contribution in [2.75, 3.05) is 76.8 Å². The van der Waals surface area contributed by atoms with Gasteiger partial charge in [0.1, 0.15) is 22.7 Å². The quantitative estimate of drug-likeness (QED) is 0.0616. The Morgan fingerprint density at radius 3 is 1.14 bits per heavy atom. The van der Waals surface area contributed by atoms with E-state index in [1.807, 2.05) is 64.4 Å². The highest BCUT2D eigenvalue weighted by atomic mass is 79.9. The maximum absolute atomic E-state index is 12.1. The number of aliphatic hydroxyl groups is 1. The zero-order valence-corrected chi connectivity index (χ0v) is 60.5. The molecule has 6 aliphatic heterocycles. The molecule has 0 spiro atoms. The Bertz CT molecular complexity index is 4400. The van der Waals surface area contributed by atoms with E-state index in [0.717, 1.165) is 210 Å². The van der Waals surface area contributed by atoms with Gasteiger partial charge < -0.3 is 79.1 Å². The number of ether oxygens (including phenoxy) is 6. The van der Waals surface area contributed by atoms with Gasteiger partial charge in [0, 0.05) is 113 Å². The molecular weight excluding hydrogens is 1500 g/mol. The largest absolute Gasteiger partial charge is 0.454 e. The summed E-state index contributed by atoms with van der Waals surface area (Å²) >= 11 is 15.6. The van der Waals surface area contributed by atoms with Gasteiger partial charge in [-0.1, -0.05) is 35.3 Å². The van der Waals surface area contributed by atoms with Crippen molar-refractivity contribution in [1.82, 2.24) is 58.3 Å². The third kappa shape index (κ3) is 15.4. The number of aliphatic hydroxyl groups excluding tert-OH is 1. The van der Waals surface area contributed by atoms with Crippen LogP contribution in [0.25, 0.3) is 33.1 Å². The van der Waals surface area contributed by atoms with Crippen molar-refractivity contribution in [3.63, 3.8) is 0 Å². The Morgan fingerprint density at radius 1 is 0.526 bits per heavy atom. The van der Waals surface area contributed by atoms with Gasteiger partial charge in [-0.2, -0.15) is 0 Å². The number of piperidine rings is 3. The summed E-state index contributed by atoms with van der Waals surface area (Å²) in [6, 6.07) is 17.5. The van der Waals surface area contributed by atoms with Crippen LogP contribution in [0.15, 0.2) is 117 Å². The number of nitrogens with zero attached hydrogens (tertiary/aromatic N) is 12. The Hall–Kier alpha value is -7.42. The summed E-state index contributed by atoms with van der Waals surface area (Å²) in [7, 11) is 0. The number of hydrogen-bond donors (Lipinski definition) is 4. The van der Waals surface area contributed by atoms with Crippen LogP contribution in [0.4, 0.5) is 17.5 Å². The smallest absolute Gasteiger partial charge is 0.251 e. The first kappa shape index (κ1) is 68.1. The number of rotatable bonds is 17. The van der Waals surface area contributed by atoms with E-state index in [2.05, 4.69) is 76.4 Å². The minimum absolute atomic E-state index is 0.167. The number of carbonyl (C=O) groups is 3. The van der Waals surface area contributed by atoms with Crippen molar-refractivity contribution in [3.8, 4) is 34.5 Å². The van der Waals surface area contributed by atoms with E-state index in [1.54, 1.807) is 65.7 Å². The van der Waals surface area contributed by atoms with Crippen LogP contribution in [0.3, 0.4) is 0 Å². The van der Waals surface area contributed by atoms with Crippen LogP contribution in [0.2, 0.25) is 0 Å². The second-order valence-corrected chi connectivity index (χ2v) is 30.0. The van der Waals surface area contributed by atoms with E-state index >= 15 is 0 Å². The van der Waals surface area contributed by atoms with Crippen LogP contribution in [0.1, 0.15) is 71.6 Å². The highest BCUT2D eigenvalue weighted by Crippen LogP contribution is 2.47. The predicted molar refractivity (Wildman–Crippen MR) is 379 cm³/mol. The van der Waals surface area contributed by atoms with Crippen LogP contribution >= 0.6 is 83.1 Å². The summed E-state index contributed by atoms with van der Waals surface area (Å²) in [5.41, 5.74) is 23.5. The maximum Gasteiger partial charge on any atom is 0.251 e. The molecule has 7 N–H and O–H groups in total. The molecule has 3 fully saturated rings. The van der Waals surface area contributed by atoms with E-state index in [1.165, 1.54) is 6.92 Å². The number of likely N-dealkylation sites (tertiary alicyclic amines) is 3. The van der Waals surface area contributed by atoms with Crippen molar-refractivity contribution < 1.29 is 47.9 Å². The molecule has 0 unspecified atom stereocenters. The number of anilines is 3. The van der Waals surface area contributed by atoms with Gasteiger partial charge in [0.05, 0.1) is 16.6 Å². The van der Waals surface area contributed by atoms with E-state index in [4.69, 9.17) is 60.6 Å². The Kier molecular flexibility index (Phi) is 21.3. The lowest BCUT2D eigenvalue weighted by molar-refractivity contribution is -0.140. The van der Waals surface area contributed by atoms with Crippen molar-refractivity contribution in [3.05, 3.63) is 86.6 Å². The second kappa shape index (κ2) is 30.4. The minimum Gasteiger partial charge on any atom is -0.454 e. The lowest BCUT2D eigenvalue weighted by atomic mass is 9.93. The third-order valence-electron chi connectivity index (χ3n) is 18.3. The number of carbonyl (C=O) groups excluding carboxylic acids is 3. The van der Waals surface area contributed by atoms with Gasteiger partial charge in [0.25, 0.3) is 5.91 Å². The SMILES string of the molecule is CC(=O)N1CCC(CCn2c(Sc3cc4c(cc3Br)OCO4)nc3c(N)nccc32)CC1.C[C@H](O)C(=O)N1CCC(CCn2c(Sc3cc4c(cc3Br)OCO4)nc3c(N)nccc32)CC1.Nc1nccc2c1nc(Sc1cc3c(cc1Br)OCO3)n2CCC1CCN(C=O)CC1. The number of nitrogen functional groups attached to an aromatic ring is 3. The molecule has 1 atom stereocenters. The molecule has 0 radical (unpaired) electrons. The summed E-state index contributed by atoms with van der Waals surface area (Å²) in [4.78, 5) is 70.3. The zero-order valence-electron chi connectivity index (χ0n) is 53.2. The fourth-order valence-corrected chi connectivity index (χ4v) is 17.3. The Balaban J connectivity index is 0.000000131. The molecule has 3 saturated heterocycles. The van der Waals surface area contributed by atoms with Crippen LogP contribution in [0.5, 0.6) is 34.5 Å². The van der Waals surface area contributed by atoms with E-state index in [0.29, 0.717) is 59.6 Å². The molecular formula is C66H72Br3N15O10S3. The first-order valence-corrected chi connectivity index (χ1v) is 36.9. The lowest BCUT2D eigenvalue weighted by Crippen LogP contribution is -2.43. The highest BCUT2D eigenvalue weighted by molar-refractivity contribution is 9.11. The van der Waals surface area contributed by atoms with E-state index in [-0.39, 0.29) is 32.2 Å². The van der Waals surface area contributed by atoms with Crippen molar-refractivity contribution in [2.24, 2.45) is 17.8 Å². The number of benzene rings is 3. The average Bonchev–Trinajstić information content (AvgIpc) is 1.65. The fraction of sp³-hybridized carbons (Fsp3) is 0.409. The van der Waals surface area contributed by atoms with Crippen molar-refractivity contribution >= 4 is 152 Å². The lowest BCUT2D eigenvalue weighted by Gasteiger charge is -2.32. The molecule has 9 aromatic rings. The van der Waals surface area contributed by atoms with Crippen LogP contribution < -0.4 is 45.6 Å². The monoisotopic (exact) mass is 1570 g/mol. The Morgan fingerprint density at radius 2 is 0.835 bits per heavy atom. The van der Waals surface area contributed by atoms with Crippen LogP contribution in [-0.4, -0.2) is 147 Å². The molecule has 6 aliphatic rings. The van der Waals surface area contributed by atoms with Gasteiger partial charge in [-0.05, 0) is 185 Å². The van der Waals surface area contributed by atoms with Crippen LogP contribution in [-0.2, 0) is 34.0 Å². The second-order valence-electron chi connectivity index (χ2n) is 24.4. The molecule has 15 rings (SSSR count). The number of amides is 3. The number of fused-ring (bicyclic) bond motifs is 6. The summed E-state index contributed by atoms with van der Waals surface area (Å²) in [6.45, 7) is 11.0. The van der Waals surface area contributed by atoms with Gasteiger partial charge in [-0.25, -0.2) is 29.9 Å². The van der Waals surface area contributed by atoms with Crippen LogP contribution in [0, 0.1) is 17.8 Å². The minimum atomic E-state index is -0.942. The van der Waals surface area contributed by atoms with Crippen molar-refractivity contribution in [1.29, 1.82) is 0 Å². The number of aryl methyl sites for hydroxylation is 3. The number of nitrogens with two attached hydrogens (primary N) is 3. The van der Waals surface area contributed by atoms with Gasteiger partial charge >= 0.3 is 0 Å². The number of imidazole rings is 3. The van der Waals surface area contributed by atoms with Gasteiger partial charge in [0.15, 0.2) is 67.4 Å². The van der Waals surface area contributed by atoms with E-state index in [9.17, 15) is 19.5 Å². The third-order valence-corrected chi connectivity index (χ3v) is 24.2. The molecule has 12 heterocycles. The molecule has 0 bridgehead atoms. The van der Waals surface area contributed by atoms with Gasteiger partial charge in [0.2, 0.25) is 32.7 Å². The number of pyridine rings is 3. The van der Waals surface area contributed by atoms with E-state index < -0.39 is 6.10 Å². The molecule has 6 aromatic heterocycles. The molecule has 3 amide bonds.